The Morgan fingerprint density at radius 3 is 2.75 bits per heavy atom. The molecule has 0 spiro atoms. The summed E-state index contributed by atoms with van der Waals surface area (Å²) in [4.78, 5) is 4.51. The fourth-order valence-electron chi connectivity index (χ4n) is 1.68. The van der Waals surface area contributed by atoms with E-state index in [1.165, 1.54) is 0 Å². The second-order valence-corrected chi connectivity index (χ2v) is 5.78. The molecule has 0 saturated heterocycles. The van der Waals surface area contributed by atoms with Gasteiger partial charge in [0.15, 0.2) is 5.82 Å². The van der Waals surface area contributed by atoms with E-state index in [0.29, 0.717) is 16.8 Å². The largest absolute Gasteiger partial charge is 0.497 e. The Hall–Kier alpha value is -1.69. The number of aromatic amines is 1. The fourth-order valence-corrected chi connectivity index (χ4v) is 2.45. The molecule has 0 aliphatic rings. The van der Waals surface area contributed by atoms with Crippen LogP contribution in [0.2, 0.25) is 0 Å². The predicted molar refractivity (Wildman–Crippen MR) is 80.5 cm³/mol. The van der Waals surface area contributed by atoms with E-state index in [4.69, 9.17) is 9.47 Å². The first-order valence-electron chi connectivity index (χ1n) is 6.49. The zero-order valence-electron chi connectivity index (χ0n) is 12.1. The summed E-state index contributed by atoms with van der Waals surface area (Å²) in [6, 6.07) is 5.62. The number of rotatable bonds is 6. The molecular formula is C14H19N3O2S. The van der Waals surface area contributed by atoms with Crippen LogP contribution in [-0.4, -0.2) is 34.7 Å². The molecule has 0 saturated carbocycles. The maximum Gasteiger partial charge on any atom is 0.209 e. The maximum atomic E-state index is 5.38. The number of benzene rings is 1. The van der Waals surface area contributed by atoms with Crippen molar-refractivity contribution in [3.05, 3.63) is 18.2 Å². The lowest BCUT2D eigenvalue weighted by Gasteiger charge is -2.08. The van der Waals surface area contributed by atoms with Crippen LogP contribution in [0.5, 0.6) is 11.5 Å². The SMILES string of the molecule is CCC(C)Sc1n[nH]c(-c2ccc(OC)cc2OC)n1. The quantitative estimate of drug-likeness (QED) is 0.827. The van der Waals surface area contributed by atoms with Crippen LogP contribution in [0.3, 0.4) is 0 Å². The van der Waals surface area contributed by atoms with Gasteiger partial charge in [0.25, 0.3) is 0 Å². The van der Waals surface area contributed by atoms with Crippen LogP contribution in [0.25, 0.3) is 11.4 Å². The van der Waals surface area contributed by atoms with Gasteiger partial charge in [0.1, 0.15) is 11.5 Å². The third-order valence-electron chi connectivity index (χ3n) is 3.01. The summed E-state index contributed by atoms with van der Waals surface area (Å²) in [7, 11) is 3.26. The van der Waals surface area contributed by atoms with Crippen LogP contribution in [0.4, 0.5) is 0 Å². The molecule has 1 N–H and O–H groups in total. The molecule has 1 unspecified atom stereocenters. The lowest BCUT2D eigenvalue weighted by Crippen LogP contribution is -1.93. The van der Waals surface area contributed by atoms with Crippen molar-refractivity contribution in [1.82, 2.24) is 15.2 Å². The molecule has 0 bridgehead atoms. The molecule has 0 amide bonds. The maximum absolute atomic E-state index is 5.38. The number of nitrogens with zero attached hydrogens (tertiary/aromatic N) is 2. The van der Waals surface area contributed by atoms with E-state index >= 15 is 0 Å². The van der Waals surface area contributed by atoms with Gasteiger partial charge in [-0.1, -0.05) is 25.6 Å². The zero-order chi connectivity index (χ0) is 14.5. The summed E-state index contributed by atoms with van der Waals surface area (Å²) in [5.41, 5.74) is 0.872. The van der Waals surface area contributed by atoms with E-state index in [1.807, 2.05) is 18.2 Å². The molecule has 108 valence electrons. The summed E-state index contributed by atoms with van der Waals surface area (Å²) in [5, 5.41) is 8.45. The third kappa shape index (κ3) is 3.25. The minimum atomic E-state index is 0.497. The Morgan fingerprint density at radius 1 is 1.30 bits per heavy atom. The van der Waals surface area contributed by atoms with Gasteiger partial charge in [-0.15, -0.1) is 5.10 Å². The molecule has 0 radical (unpaired) electrons. The van der Waals surface area contributed by atoms with Crippen LogP contribution in [0.15, 0.2) is 23.4 Å². The Labute approximate surface area is 123 Å². The topological polar surface area (TPSA) is 60.0 Å². The highest BCUT2D eigenvalue weighted by Gasteiger charge is 2.13. The van der Waals surface area contributed by atoms with Gasteiger partial charge in [0.2, 0.25) is 5.16 Å². The molecule has 6 heteroatoms. The number of hydrogen-bond donors (Lipinski definition) is 1. The first kappa shape index (κ1) is 14.7. The van der Waals surface area contributed by atoms with Crippen molar-refractivity contribution in [2.45, 2.75) is 30.7 Å². The summed E-state index contributed by atoms with van der Waals surface area (Å²) >= 11 is 1.66. The van der Waals surface area contributed by atoms with Crippen molar-refractivity contribution in [1.29, 1.82) is 0 Å². The summed E-state index contributed by atoms with van der Waals surface area (Å²) in [6.45, 7) is 4.31. The third-order valence-corrected chi connectivity index (χ3v) is 4.14. The summed E-state index contributed by atoms with van der Waals surface area (Å²) in [5.74, 6) is 2.16. The number of aromatic nitrogens is 3. The first-order valence-corrected chi connectivity index (χ1v) is 7.37. The second-order valence-electron chi connectivity index (χ2n) is 4.37. The number of hydrogen-bond acceptors (Lipinski definition) is 5. The van der Waals surface area contributed by atoms with Crippen LogP contribution in [0.1, 0.15) is 20.3 Å². The van der Waals surface area contributed by atoms with E-state index in [0.717, 1.165) is 22.9 Å². The Morgan fingerprint density at radius 2 is 2.10 bits per heavy atom. The van der Waals surface area contributed by atoms with Gasteiger partial charge in [-0.3, -0.25) is 5.10 Å². The van der Waals surface area contributed by atoms with E-state index in [-0.39, 0.29) is 0 Å². The van der Waals surface area contributed by atoms with E-state index < -0.39 is 0 Å². The van der Waals surface area contributed by atoms with Gasteiger partial charge < -0.3 is 9.47 Å². The molecule has 2 aromatic rings. The fraction of sp³-hybridized carbons (Fsp3) is 0.429. The van der Waals surface area contributed by atoms with Gasteiger partial charge in [-0.25, -0.2) is 4.98 Å². The van der Waals surface area contributed by atoms with Crippen LogP contribution in [0, 0.1) is 0 Å². The van der Waals surface area contributed by atoms with Crippen molar-refractivity contribution in [2.24, 2.45) is 0 Å². The monoisotopic (exact) mass is 293 g/mol. The first-order chi connectivity index (χ1) is 9.67. The molecule has 20 heavy (non-hydrogen) atoms. The van der Waals surface area contributed by atoms with Crippen LogP contribution >= 0.6 is 11.8 Å². The summed E-state index contributed by atoms with van der Waals surface area (Å²) in [6.07, 6.45) is 1.08. The van der Waals surface area contributed by atoms with Gasteiger partial charge in [-0.05, 0) is 18.6 Å². The normalized spacial score (nSPS) is 12.2. The Bertz CT molecular complexity index is 571. The second kappa shape index (κ2) is 6.65. The highest BCUT2D eigenvalue weighted by molar-refractivity contribution is 7.99. The average Bonchev–Trinajstić information content (AvgIpc) is 2.94. The number of H-pyrrole nitrogens is 1. The molecule has 5 nitrogen and oxygen atoms in total. The van der Waals surface area contributed by atoms with E-state index in [1.54, 1.807) is 26.0 Å². The van der Waals surface area contributed by atoms with Gasteiger partial charge in [-0.2, -0.15) is 0 Å². The predicted octanol–water partition coefficient (Wildman–Crippen LogP) is 3.38. The molecule has 1 atom stereocenters. The molecule has 0 aliphatic carbocycles. The number of methoxy groups -OCH3 is 2. The number of thioether (sulfide) groups is 1. The van der Waals surface area contributed by atoms with Crippen molar-refractivity contribution in [3.63, 3.8) is 0 Å². The lowest BCUT2D eigenvalue weighted by molar-refractivity contribution is 0.395. The smallest absolute Gasteiger partial charge is 0.209 e. The Kier molecular flexibility index (Phi) is 4.89. The zero-order valence-corrected chi connectivity index (χ0v) is 13.0. The van der Waals surface area contributed by atoms with E-state index in [2.05, 4.69) is 29.0 Å². The molecule has 1 heterocycles. The molecular weight excluding hydrogens is 274 g/mol. The van der Waals surface area contributed by atoms with Gasteiger partial charge >= 0.3 is 0 Å². The van der Waals surface area contributed by atoms with Crippen molar-refractivity contribution >= 4 is 11.8 Å². The molecule has 0 aliphatic heterocycles. The van der Waals surface area contributed by atoms with Gasteiger partial charge in [0, 0.05) is 11.3 Å². The molecule has 1 aromatic carbocycles. The minimum absolute atomic E-state index is 0.497. The number of nitrogens with one attached hydrogen (secondary N) is 1. The van der Waals surface area contributed by atoms with Gasteiger partial charge in [0.05, 0.1) is 19.8 Å². The Balaban J connectivity index is 2.27. The molecule has 0 fully saturated rings. The van der Waals surface area contributed by atoms with E-state index in [9.17, 15) is 0 Å². The average molecular weight is 293 g/mol. The molecule has 2 rings (SSSR count). The standard InChI is InChI=1S/C14H19N3O2S/c1-5-9(2)20-14-15-13(16-17-14)11-7-6-10(18-3)8-12(11)19-4/h6-9H,5H2,1-4H3,(H,15,16,17). The highest BCUT2D eigenvalue weighted by Crippen LogP contribution is 2.32. The van der Waals surface area contributed by atoms with Crippen molar-refractivity contribution in [2.75, 3.05) is 14.2 Å². The van der Waals surface area contributed by atoms with Crippen LogP contribution in [-0.2, 0) is 0 Å². The minimum Gasteiger partial charge on any atom is -0.497 e. The van der Waals surface area contributed by atoms with Crippen LogP contribution < -0.4 is 9.47 Å². The number of ether oxygens (including phenoxy) is 2. The molecule has 1 aromatic heterocycles. The van der Waals surface area contributed by atoms with Crippen molar-refractivity contribution < 1.29 is 9.47 Å². The highest BCUT2D eigenvalue weighted by atomic mass is 32.2. The lowest BCUT2D eigenvalue weighted by atomic mass is 10.2. The summed E-state index contributed by atoms with van der Waals surface area (Å²) < 4.78 is 10.6. The van der Waals surface area contributed by atoms with Crippen molar-refractivity contribution in [3.8, 4) is 22.9 Å².